The van der Waals surface area contributed by atoms with E-state index in [1.54, 1.807) is 10.9 Å². The van der Waals surface area contributed by atoms with E-state index in [0.29, 0.717) is 0 Å². The molecule has 0 aromatic carbocycles. The van der Waals surface area contributed by atoms with Crippen LogP contribution in [0.1, 0.15) is 12.5 Å². The first-order valence-electron chi connectivity index (χ1n) is 4.14. The summed E-state index contributed by atoms with van der Waals surface area (Å²) in [5.74, 6) is 1.92. The third-order valence-electron chi connectivity index (χ3n) is 2.18. The molecule has 1 aromatic rings. The van der Waals surface area contributed by atoms with Crippen LogP contribution in [0, 0.1) is 0 Å². The Labute approximate surface area is 76.4 Å². The lowest BCUT2D eigenvalue weighted by atomic mass is 10.3. The number of hydrogen-bond donors (Lipinski definition) is 1. The summed E-state index contributed by atoms with van der Waals surface area (Å²) < 4.78 is 1.76. The highest BCUT2D eigenvalue weighted by molar-refractivity contribution is 5.99. The molecule has 1 aromatic heterocycles. The van der Waals surface area contributed by atoms with Gasteiger partial charge >= 0.3 is 0 Å². The van der Waals surface area contributed by atoms with Gasteiger partial charge in [0.2, 0.25) is 5.84 Å². The molecule has 1 N–H and O–H groups in total. The number of nitrogens with zero attached hydrogens (tertiary/aromatic N) is 4. The Balaban J connectivity index is 2.31. The van der Waals surface area contributed by atoms with Crippen LogP contribution < -0.4 is 4.90 Å². The molecule has 1 aliphatic heterocycles. The lowest BCUT2D eigenvalue weighted by molar-refractivity contribution is -0.671. The van der Waals surface area contributed by atoms with Crippen molar-refractivity contribution in [3.63, 3.8) is 0 Å². The predicted octanol–water partition coefficient (Wildman–Crippen LogP) is -0.972. The fraction of sp³-hybridized carbons (Fsp3) is 0.375. The lowest BCUT2D eigenvalue weighted by Gasteiger charge is -2.04. The molecule has 1 unspecified atom stereocenters. The van der Waals surface area contributed by atoms with Crippen molar-refractivity contribution in [2.24, 2.45) is 17.3 Å². The highest BCUT2D eigenvalue weighted by Gasteiger charge is 2.24. The van der Waals surface area contributed by atoms with Crippen LogP contribution in [-0.2, 0) is 7.05 Å². The van der Waals surface area contributed by atoms with Gasteiger partial charge in [-0.15, -0.1) is 0 Å². The third kappa shape index (κ3) is 1.27. The molecule has 0 spiro atoms. The van der Waals surface area contributed by atoms with E-state index in [0.717, 1.165) is 22.1 Å². The topological polar surface area (TPSA) is 47.0 Å². The van der Waals surface area contributed by atoms with Crippen molar-refractivity contribution in [2.75, 3.05) is 7.05 Å². The van der Waals surface area contributed by atoms with E-state index >= 15 is 0 Å². The van der Waals surface area contributed by atoms with Crippen LogP contribution >= 0.6 is 0 Å². The molecule has 1 aliphatic rings. The average Bonchev–Trinajstić information content (AvgIpc) is 2.62. The minimum Gasteiger partial charge on any atom is -0.275 e. The van der Waals surface area contributed by atoms with E-state index in [4.69, 9.17) is 0 Å². The van der Waals surface area contributed by atoms with Crippen molar-refractivity contribution in [3.8, 4) is 0 Å². The van der Waals surface area contributed by atoms with Gasteiger partial charge in [-0.1, -0.05) is 10.2 Å². The molecule has 68 valence electrons. The first-order valence-corrected chi connectivity index (χ1v) is 4.14. The zero-order valence-electron chi connectivity index (χ0n) is 7.94. The van der Waals surface area contributed by atoms with Gasteiger partial charge < -0.3 is 0 Å². The van der Waals surface area contributed by atoms with Gasteiger partial charge in [-0.25, -0.2) is 4.90 Å². The maximum absolute atomic E-state index is 4.10. The van der Waals surface area contributed by atoms with Crippen LogP contribution in [0.15, 0.2) is 22.6 Å². The molecule has 0 amide bonds. The van der Waals surface area contributed by atoms with E-state index in [2.05, 4.69) is 15.3 Å². The highest BCUT2D eigenvalue weighted by atomic mass is 15.4. The molecular weight excluding hydrogens is 166 g/mol. The first kappa shape index (κ1) is 8.12. The summed E-state index contributed by atoms with van der Waals surface area (Å²) in [6.45, 7) is 1.96. The van der Waals surface area contributed by atoms with Crippen molar-refractivity contribution < 1.29 is 4.90 Å². The number of aryl methyl sites for hydroxylation is 1. The molecule has 0 saturated heterocycles. The van der Waals surface area contributed by atoms with Gasteiger partial charge in [0, 0.05) is 20.2 Å². The highest BCUT2D eigenvalue weighted by Crippen LogP contribution is 1.98. The standard InChI is InChI=1S/C8H11N5/c1-6-10-11-8(13(6)3)7-4-9-12(2)5-7/h4-5H,1-3H3/p+1. The van der Waals surface area contributed by atoms with Crippen LogP contribution in [0.2, 0.25) is 0 Å². The van der Waals surface area contributed by atoms with Gasteiger partial charge in [-0.3, -0.25) is 4.68 Å². The Kier molecular flexibility index (Phi) is 1.73. The van der Waals surface area contributed by atoms with Crippen LogP contribution in [0.5, 0.6) is 0 Å². The number of rotatable bonds is 1. The van der Waals surface area contributed by atoms with E-state index in [1.165, 1.54) is 0 Å². The molecule has 5 heteroatoms. The molecule has 13 heavy (non-hydrogen) atoms. The monoisotopic (exact) mass is 178 g/mol. The fourth-order valence-corrected chi connectivity index (χ4v) is 1.26. The second-order valence-electron chi connectivity index (χ2n) is 3.16. The zero-order chi connectivity index (χ0) is 9.42. The summed E-state index contributed by atoms with van der Waals surface area (Å²) in [5.41, 5.74) is 1.03. The van der Waals surface area contributed by atoms with Crippen molar-refractivity contribution in [3.05, 3.63) is 18.0 Å². The van der Waals surface area contributed by atoms with Gasteiger partial charge in [0.05, 0.1) is 18.8 Å². The molecular formula is C8H12N5+. The molecule has 0 bridgehead atoms. The van der Waals surface area contributed by atoms with Crippen molar-refractivity contribution in [2.45, 2.75) is 6.92 Å². The number of quaternary nitrogens is 1. The Bertz CT molecular complexity index is 387. The molecule has 5 nitrogen and oxygen atoms in total. The summed E-state index contributed by atoms with van der Waals surface area (Å²) in [6.07, 6.45) is 3.74. The first-order chi connectivity index (χ1) is 6.18. The smallest absolute Gasteiger partial charge is 0.261 e. The Morgan fingerprint density at radius 3 is 2.62 bits per heavy atom. The average molecular weight is 178 g/mol. The quantitative estimate of drug-likeness (QED) is 0.591. The minimum absolute atomic E-state index is 0.936. The molecule has 2 heterocycles. The van der Waals surface area contributed by atoms with Gasteiger partial charge in [-0.2, -0.15) is 5.10 Å². The third-order valence-corrected chi connectivity index (χ3v) is 2.18. The number of hydrogen-bond acceptors (Lipinski definition) is 3. The minimum atomic E-state index is 0.936. The molecule has 0 radical (unpaired) electrons. The van der Waals surface area contributed by atoms with Crippen molar-refractivity contribution >= 4 is 11.7 Å². The predicted molar refractivity (Wildman–Crippen MR) is 49.7 cm³/mol. The summed E-state index contributed by atoms with van der Waals surface area (Å²) in [7, 11) is 3.92. The second-order valence-corrected chi connectivity index (χ2v) is 3.16. The zero-order valence-corrected chi connectivity index (χ0v) is 7.94. The van der Waals surface area contributed by atoms with Crippen LogP contribution in [-0.4, -0.2) is 28.5 Å². The summed E-state index contributed by atoms with van der Waals surface area (Å²) in [6, 6.07) is 0. The van der Waals surface area contributed by atoms with Crippen LogP contribution in [0.3, 0.4) is 0 Å². The largest absolute Gasteiger partial charge is 0.275 e. The van der Waals surface area contributed by atoms with Gasteiger partial charge in [0.1, 0.15) is 0 Å². The van der Waals surface area contributed by atoms with Crippen molar-refractivity contribution in [1.29, 1.82) is 0 Å². The summed E-state index contributed by atoms with van der Waals surface area (Å²) in [5, 5.41) is 12.2. The maximum Gasteiger partial charge on any atom is 0.261 e. The Hall–Kier alpha value is -1.49. The summed E-state index contributed by atoms with van der Waals surface area (Å²) in [4.78, 5) is 1.13. The molecule has 0 fully saturated rings. The molecule has 0 aliphatic carbocycles. The molecule has 0 saturated carbocycles. The van der Waals surface area contributed by atoms with E-state index in [-0.39, 0.29) is 0 Å². The number of nitrogens with one attached hydrogen (secondary N) is 1. The Morgan fingerprint density at radius 2 is 2.15 bits per heavy atom. The fourth-order valence-electron chi connectivity index (χ4n) is 1.26. The van der Waals surface area contributed by atoms with E-state index < -0.39 is 0 Å². The van der Waals surface area contributed by atoms with Crippen LogP contribution in [0.4, 0.5) is 0 Å². The molecule has 2 rings (SSSR count). The van der Waals surface area contributed by atoms with Crippen molar-refractivity contribution in [1.82, 2.24) is 9.78 Å². The molecule has 1 atom stereocenters. The van der Waals surface area contributed by atoms with Gasteiger partial charge in [0.15, 0.2) is 0 Å². The van der Waals surface area contributed by atoms with Gasteiger partial charge in [0.25, 0.3) is 5.84 Å². The van der Waals surface area contributed by atoms with Gasteiger partial charge in [-0.05, 0) is 0 Å². The number of aromatic nitrogens is 2. The normalized spacial score (nSPS) is 21.6. The summed E-state index contributed by atoms with van der Waals surface area (Å²) >= 11 is 0. The SMILES string of the molecule is CC1=NN=C(c2cnn(C)c2)[NH+]1C. The number of amidine groups is 2. The maximum atomic E-state index is 4.10. The second kappa shape index (κ2) is 2.77. The van der Waals surface area contributed by atoms with E-state index in [1.807, 2.05) is 27.2 Å². The van der Waals surface area contributed by atoms with Crippen LogP contribution in [0.25, 0.3) is 0 Å². The Morgan fingerprint density at radius 1 is 1.38 bits per heavy atom. The lowest BCUT2D eigenvalue weighted by Crippen LogP contribution is -3.12. The van der Waals surface area contributed by atoms with E-state index in [9.17, 15) is 0 Å².